The van der Waals surface area contributed by atoms with Gasteiger partial charge in [0, 0.05) is 57.4 Å². The minimum absolute atomic E-state index is 0.0742. The Labute approximate surface area is 299 Å². The number of carbonyl (C=O) groups excluding carboxylic acids is 4. The van der Waals surface area contributed by atoms with Crippen molar-refractivity contribution in [3.63, 3.8) is 0 Å². The molecule has 3 heterocycles. The SMILES string of the molecule is CC(C)(C)OC(=O)NCCOCCOCCC(=O)N1CCN(CCCOc2ccc3nccc(C(=O)NCC(=O)N4CCC[C@H]4C#N)c3c2)CC1. The fourth-order valence-electron chi connectivity index (χ4n) is 5.84. The average Bonchev–Trinajstić information content (AvgIpc) is 3.60. The van der Waals surface area contributed by atoms with Crippen molar-refractivity contribution in [3.05, 3.63) is 36.0 Å². The van der Waals surface area contributed by atoms with Crippen LogP contribution in [0.2, 0.25) is 0 Å². The summed E-state index contributed by atoms with van der Waals surface area (Å²) >= 11 is 0. The Morgan fingerprint density at radius 1 is 0.941 bits per heavy atom. The van der Waals surface area contributed by atoms with Gasteiger partial charge in [-0.05, 0) is 64.3 Å². The first-order valence-electron chi connectivity index (χ1n) is 17.7. The molecule has 2 saturated heterocycles. The van der Waals surface area contributed by atoms with E-state index in [0.29, 0.717) is 94.3 Å². The lowest BCUT2D eigenvalue weighted by molar-refractivity contribution is -0.134. The second-order valence-corrected chi connectivity index (χ2v) is 13.4. The van der Waals surface area contributed by atoms with E-state index in [4.69, 9.17) is 18.9 Å². The summed E-state index contributed by atoms with van der Waals surface area (Å²) in [4.78, 5) is 59.9. The summed E-state index contributed by atoms with van der Waals surface area (Å²) in [6.45, 7) is 11.7. The topological polar surface area (TPSA) is 176 Å². The highest BCUT2D eigenvalue weighted by atomic mass is 16.6. The molecule has 2 fully saturated rings. The van der Waals surface area contributed by atoms with E-state index in [2.05, 4.69) is 26.6 Å². The van der Waals surface area contributed by atoms with E-state index in [1.807, 2.05) is 11.0 Å². The number of nitriles is 1. The predicted octanol–water partition coefficient (Wildman–Crippen LogP) is 2.34. The molecule has 0 saturated carbocycles. The number of hydrogen-bond acceptors (Lipinski definition) is 11. The molecule has 0 radical (unpaired) electrons. The van der Waals surface area contributed by atoms with E-state index in [1.54, 1.807) is 45.2 Å². The van der Waals surface area contributed by atoms with Crippen molar-refractivity contribution in [3.8, 4) is 11.8 Å². The van der Waals surface area contributed by atoms with E-state index < -0.39 is 23.6 Å². The minimum atomic E-state index is -0.541. The van der Waals surface area contributed by atoms with Crippen molar-refractivity contribution >= 4 is 34.7 Å². The second kappa shape index (κ2) is 19.8. The van der Waals surface area contributed by atoms with Gasteiger partial charge in [0.25, 0.3) is 5.91 Å². The molecule has 1 atom stereocenters. The molecule has 4 rings (SSSR count). The van der Waals surface area contributed by atoms with Gasteiger partial charge >= 0.3 is 6.09 Å². The summed E-state index contributed by atoms with van der Waals surface area (Å²) < 4.78 is 22.2. The number of aromatic nitrogens is 1. The molecule has 2 aliphatic heterocycles. The van der Waals surface area contributed by atoms with E-state index in [0.717, 1.165) is 32.5 Å². The van der Waals surface area contributed by atoms with Crippen LogP contribution in [0.5, 0.6) is 5.75 Å². The van der Waals surface area contributed by atoms with E-state index in [-0.39, 0.29) is 18.4 Å². The lowest BCUT2D eigenvalue weighted by atomic mass is 10.1. The van der Waals surface area contributed by atoms with Crippen molar-refractivity contribution in [1.29, 1.82) is 5.26 Å². The number of alkyl carbamates (subject to hydrolysis) is 1. The molecule has 2 N–H and O–H groups in total. The monoisotopic (exact) mass is 709 g/mol. The molecule has 0 spiro atoms. The van der Waals surface area contributed by atoms with Gasteiger partial charge in [0.1, 0.15) is 17.4 Å². The molecule has 15 nitrogen and oxygen atoms in total. The van der Waals surface area contributed by atoms with Crippen LogP contribution in [0.15, 0.2) is 30.5 Å². The zero-order chi connectivity index (χ0) is 36.6. The van der Waals surface area contributed by atoms with Gasteiger partial charge in [-0.25, -0.2) is 4.79 Å². The minimum Gasteiger partial charge on any atom is -0.494 e. The number of ether oxygens (including phenoxy) is 4. The first-order valence-corrected chi connectivity index (χ1v) is 17.7. The highest BCUT2D eigenvalue weighted by molar-refractivity contribution is 6.07. The first-order chi connectivity index (χ1) is 24.5. The van der Waals surface area contributed by atoms with Crippen LogP contribution in [0.25, 0.3) is 10.9 Å². The zero-order valence-corrected chi connectivity index (χ0v) is 30.0. The number of benzene rings is 1. The van der Waals surface area contributed by atoms with E-state index >= 15 is 0 Å². The summed E-state index contributed by atoms with van der Waals surface area (Å²) in [6.07, 6.45) is 3.63. The van der Waals surface area contributed by atoms with Gasteiger partial charge in [-0.3, -0.25) is 24.3 Å². The number of likely N-dealkylation sites (tertiary alicyclic amines) is 1. The molecule has 0 unspecified atom stereocenters. The maximum Gasteiger partial charge on any atom is 0.407 e. The van der Waals surface area contributed by atoms with Gasteiger partial charge < -0.3 is 39.4 Å². The van der Waals surface area contributed by atoms with Gasteiger partial charge in [-0.1, -0.05) is 0 Å². The fraction of sp³-hybridized carbons (Fsp3) is 0.611. The second-order valence-electron chi connectivity index (χ2n) is 13.4. The molecule has 1 aromatic carbocycles. The highest BCUT2D eigenvalue weighted by Gasteiger charge is 2.28. The molecule has 4 amide bonds. The summed E-state index contributed by atoms with van der Waals surface area (Å²) in [5.41, 5.74) is 0.492. The van der Waals surface area contributed by atoms with Crippen molar-refractivity contribution in [1.82, 2.24) is 30.3 Å². The Bertz CT molecular complexity index is 1520. The number of nitrogens with zero attached hydrogens (tertiary/aromatic N) is 5. The van der Waals surface area contributed by atoms with Crippen LogP contribution in [-0.2, 0) is 23.8 Å². The van der Waals surface area contributed by atoms with Crippen LogP contribution in [0.4, 0.5) is 4.79 Å². The number of pyridine rings is 1. The Morgan fingerprint density at radius 2 is 1.71 bits per heavy atom. The van der Waals surface area contributed by atoms with Crippen LogP contribution in [-0.4, -0.2) is 141 Å². The van der Waals surface area contributed by atoms with Crippen molar-refractivity contribution in [2.75, 3.05) is 85.4 Å². The Balaban J connectivity index is 1.07. The normalized spacial score (nSPS) is 16.5. The molecule has 15 heteroatoms. The fourth-order valence-corrected chi connectivity index (χ4v) is 5.84. The van der Waals surface area contributed by atoms with Gasteiger partial charge in [0.15, 0.2) is 0 Å². The van der Waals surface area contributed by atoms with Crippen LogP contribution in [0, 0.1) is 11.3 Å². The zero-order valence-electron chi connectivity index (χ0n) is 30.0. The van der Waals surface area contributed by atoms with E-state index in [1.165, 1.54) is 4.90 Å². The molecule has 2 aliphatic rings. The molecule has 0 bridgehead atoms. The van der Waals surface area contributed by atoms with E-state index in [9.17, 15) is 24.4 Å². The summed E-state index contributed by atoms with van der Waals surface area (Å²) in [5, 5.41) is 15.2. The number of fused-ring (bicyclic) bond motifs is 1. The van der Waals surface area contributed by atoms with Crippen molar-refractivity contribution in [2.24, 2.45) is 0 Å². The third kappa shape index (κ3) is 13.0. The van der Waals surface area contributed by atoms with Crippen LogP contribution in [0.1, 0.15) is 56.8 Å². The molecule has 1 aromatic heterocycles. The quantitative estimate of drug-likeness (QED) is 0.231. The number of amides is 4. The lowest BCUT2D eigenvalue weighted by Gasteiger charge is -2.34. The number of nitrogens with one attached hydrogen (secondary N) is 2. The van der Waals surface area contributed by atoms with Crippen LogP contribution >= 0.6 is 0 Å². The molecular weight excluding hydrogens is 658 g/mol. The molecule has 278 valence electrons. The molecule has 0 aliphatic carbocycles. The van der Waals surface area contributed by atoms with Crippen molar-refractivity contribution < 1.29 is 38.1 Å². The van der Waals surface area contributed by atoms with Gasteiger partial charge in [0.2, 0.25) is 11.8 Å². The number of piperazine rings is 1. The maximum absolute atomic E-state index is 13.0. The maximum atomic E-state index is 13.0. The Hall–Kier alpha value is -4.52. The Morgan fingerprint density at radius 3 is 2.45 bits per heavy atom. The van der Waals surface area contributed by atoms with Crippen LogP contribution in [0.3, 0.4) is 0 Å². The first kappa shape index (κ1) is 39.3. The Kier molecular flexibility index (Phi) is 15.2. The lowest BCUT2D eigenvalue weighted by Crippen LogP contribution is -2.49. The summed E-state index contributed by atoms with van der Waals surface area (Å²) in [7, 11) is 0. The standard InChI is InChI=1S/C36H51N7O8/c1-36(2,3)51-35(47)39-12-21-49-23-22-48-20-10-32(44)42-17-15-41(16-18-42)13-5-19-50-28-7-8-31-30(24-28)29(9-11-38-31)34(46)40-26-33(45)43-14-4-6-27(43)25-37/h7-9,11,24,27H,4-6,10,12-23,26H2,1-3H3,(H,39,47)(H,40,46)/t27-/m0/s1. The number of rotatable bonds is 17. The highest BCUT2D eigenvalue weighted by Crippen LogP contribution is 2.23. The summed E-state index contributed by atoms with van der Waals surface area (Å²) in [6, 6.07) is 8.74. The molecule has 2 aromatic rings. The van der Waals surface area contributed by atoms with Gasteiger partial charge in [-0.2, -0.15) is 5.26 Å². The predicted molar refractivity (Wildman–Crippen MR) is 188 cm³/mol. The van der Waals surface area contributed by atoms with Crippen molar-refractivity contribution in [2.45, 2.75) is 58.1 Å². The number of carbonyl (C=O) groups is 4. The third-order valence-corrected chi connectivity index (χ3v) is 8.44. The summed E-state index contributed by atoms with van der Waals surface area (Å²) in [5.74, 6) is 0.0353. The van der Waals surface area contributed by atoms with Crippen LogP contribution < -0.4 is 15.4 Å². The number of hydrogen-bond donors (Lipinski definition) is 2. The average molecular weight is 710 g/mol. The largest absolute Gasteiger partial charge is 0.494 e. The third-order valence-electron chi connectivity index (χ3n) is 8.44. The van der Waals surface area contributed by atoms with Gasteiger partial charge in [-0.15, -0.1) is 0 Å². The van der Waals surface area contributed by atoms with Gasteiger partial charge in [0.05, 0.1) is 63.1 Å². The smallest absolute Gasteiger partial charge is 0.407 e. The molecular formula is C36H51N7O8. The molecule has 51 heavy (non-hydrogen) atoms.